The van der Waals surface area contributed by atoms with Crippen molar-refractivity contribution in [2.75, 3.05) is 37.5 Å². The first kappa shape index (κ1) is 16.1. The third-order valence-corrected chi connectivity index (χ3v) is 4.84. The number of aliphatic imine (C=N–C) groups is 1. The van der Waals surface area contributed by atoms with E-state index >= 15 is 0 Å². The molecule has 1 saturated heterocycles. The summed E-state index contributed by atoms with van der Waals surface area (Å²) in [6.07, 6.45) is 4.05. The lowest BCUT2D eigenvalue weighted by Gasteiger charge is -2.29. The number of rotatable bonds is 4. The second-order valence-corrected chi connectivity index (χ2v) is 6.42. The molecule has 0 N–H and O–H groups in total. The van der Waals surface area contributed by atoms with E-state index in [0.717, 1.165) is 37.6 Å². The first-order valence-corrected chi connectivity index (χ1v) is 9.11. The van der Waals surface area contributed by atoms with Crippen LogP contribution >= 0.6 is 11.8 Å². The largest absolute Gasteiger partial charge is 0.378 e. The number of hydrogen-bond acceptors (Lipinski definition) is 4. The molecule has 3 nitrogen and oxygen atoms in total. The van der Waals surface area contributed by atoms with Crippen molar-refractivity contribution < 1.29 is 4.74 Å². The van der Waals surface area contributed by atoms with Gasteiger partial charge in [-0.25, -0.2) is 0 Å². The number of nitrogens with zero attached hydrogens (tertiary/aromatic N) is 2. The van der Waals surface area contributed by atoms with Crippen LogP contribution in [0.15, 0.2) is 52.4 Å². The molecule has 0 amide bonds. The fourth-order valence-electron chi connectivity index (χ4n) is 2.70. The lowest BCUT2D eigenvalue weighted by molar-refractivity contribution is 0.122. The van der Waals surface area contributed by atoms with E-state index in [-0.39, 0.29) is 0 Å². The topological polar surface area (TPSA) is 24.8 Å². The van der Waals surface area contributed by atoms with Crippen molar-refractivity contribution in [1.82, 2.24) is 0 Å². The Hall–Kier alpha value is -1.78. The Balaban J connectivity index is 1.79. The van der Waals surface area contributed by atoms with Gasteiger partial charge in [-0.15, -0.1) is 11.8 Å². The number of ether oxygens (including phenoxy) is 1. The zero-order chi connectivity index (χ0) is 16.1. The monoisotopic (exact) mass is 326 g/mol. The molecule has 1 fully saturated rings. The van der Waals surface area contributed by atoms with Crippen molar-refractivity contribution in [3.05, 3.63) is 53.6 Å². The molecule has 0 saturated carbocycles. The summed E-state index contributed by atoms with van der Waals surface area (Å²) in [7, 11) is 0. The molecular weight excluding hydrogens is 304 g/mol. The standard InChI is InChI=1S/C19H22N2OS/c1-15-13-17(21-9-11-22-12-10-21)8-7-16(15)14-20-18-5-3-4-6-19(18)23-2/h3-8,13-14H,9-12H2,1-2H3. The van der Waals surface area contributed by atoms with Crippen LogP contribution in [-0.4, -0.2) is 38.8 Å². The van der Waals surface area contributed by atoms with E-state index in [0.29, 0.717) is 0 Å². The molecule has 0 unspecified atom stereocenters. The van der Waals surface area contributed by atoms with E-state index < -0.39 is 0 Å². The average Bonchev–Trinajstić information content (AvgIpc) is 2.61. The molecule has 0 bridgehead atoms. The average molecular weight is 326 g/mol. The van der Waals surface area contributed by atoms with Gasteiger partial charge in [0.05, 0.1) is 18.9 Å². The van der Waals surface area contributed by atoms with Gasteiger partial charge in [-0.3, -0.25) is 4.99 Å². The predicted molar refractivity (Wildman–Crippen MR) is 99.7 cm³/mol. The summed E-state index contributed by atoms with van der Waals surface area (Å²) in [6, 6.07) is 14.8. The molecule has 23 heavy (non-hydrogen) atoms. The van der Waals surface area contributed by atoms with Gasteiger partial charge in [0.2, 0.25) is 0 Å². The molecule has 0 aromatic heterocycles. The lowest BCUT2D eigenvalue weighted by Crippen LogP contribution is -2.36. The molecule has 120 valence electrons. The number of thioether (sulfide) groups is 1. The van der Waals surface area contributed by atoms with E-state index in [2.05, 4.69) is 53.4 Å². The highest BCUT2D eigenvalue weighted by Gasteiger charge is 2.11. The van der Waals surface area contributed by atoms with Crippen LogP contribution in [0.25, 0.3) is 0 Å². The molecule has 2 aromatic carbocycles. The number of anilines is 1. The van der Waals surface area contributed by atoms with Gasteiger partial charge in [-0.2, -0.15) is 0 Å². The van der Waals surface area contributed by atoms with E-state index in [9.17, 15) is 0 Å². The smallest absolute Gasteiger partial charge is 0.0765 e. The van der Waals surface area contributed by atoms with Gasteiger partial charge in [-0.1, -0.05) is 18.2 Å². The van der Waals surface area contributed by atoms with Gasteiger partial charge in [0.1, 0.15) is 0 Å². The number of aryl methyl sites for hydroxylation is 1. The van der Waals surface area contributed by atoms with Crippen molar-refractivity contribution in [2.45, 2.75) is 11.8 Å². The first-order chi connectivity index (χ1) is 11.3. The number of morpholine rings is 1. The molecule has 0 aliphatic carbocycles. The van der Waals surface area contributed by atoms with Crippen LogP contribution in [0, 0.1) is 6.92 Å². The SMILES string of the molecule is CSc1ccccc1N=Cc1ccc(N2CCOCC2)cc1C. The Labute approximate surface area is 142 Å². The van der Waals surface area contributed by atoms with Crippen LogP contribution in [0.4, 0.5) is 11.4 Å². The second-order valence-electron chi connectivity index (χ2n) is 5.57. The molecule has 3 rings (SSSR count). The minimum atomic E-state index is 0.813. The predicted octanol–water partition coefficient (Wildman–Crippen LogP) is 4.30. The highest BCUT2D eigenvalue weighted by atomic mass is 32.2. The number of benzene rings is 2. The van der Waals surface area contributed by atoms with Gasteiger partial charge < -0.3 is 9.64 Å². The Bertz CT molecular complexity index is 694. The van der Waals surface area contributed by atoms with Crippen LogP contribution in [0.1, 0.15) is 11.1 Å². The highest BCUT2D eigenvalue weighted by Crippen LogP contribution is 2.27. The van der Waals surface area contributed by atoms with Crippen LogP contribution in [0.2, 0.25) is 0 Å². The maximum absolute atomic E-state index is 5.42. The highest BCUT2D eigenvalue weighted by molar-refractivity contribution is 7.98. The molecule has 0 radical (unpaired) electrons. The van der Waals surface area contributed by atoms with Crippen LogP contribution < -0.4 is 4.90 Å². The molecule has 1 aliphatic rings. The van der Waals surface area contributed by atoms with Crippen molar-refractivity contribution in [1.29, 1.82) is 0 Å². The quantitative estimate of drug-likeness (QED) is 0.618. The number of para-hydroxylation sites is 1. The fraction of sp³-hybridized carbons (Fsp3) is 0.316. The maximum atomic E-state index is 5.42. The van der Waals surface area contributed by atoms with Gasteiger partial charge in [0.25, 0.3) is 0 Å². The summed E-state index contributed by atoms with van der Waals surface area (Å²) < 4.78 is 5.42. The number of hydrogen-bond donors (Lipinski definition) is 0. The summed E-state index contributed by atoms with van der Waals surface area (Å²) in [6.45, 7) is 5.70. The summed E-state index contributed by atoms with van der Waals surface area (Å²) in [4.78, 5) is 8.25. The van der Waals surface area contributed by atoms with E-state index in [1.165, 1.54) is 16.1 Å². The van der Waals surface area contributed by atoms with Gasteiger partial charge in [0, 0.05) is 29.9 Å². The lowest BCUT2D eigenvalue weighted by atomic mass is 10.1. The third kappa shape index (κ3) is 3.95. The second kappa shape index (κ2) is 7.66. The maximum Gasteiger partial charge on any atom is 0.0765 e. The van der Waals surface area contributed by atoms with Crippen molar-refractivity contribution in [2.24, 2.45) is 4.99 Å². The molecule has 1 aliphatic heterocycles. The normalized spacial score (nSPS) is 15.3. The van der Waals surface area contributed by atoms with Crippen molar-refractivity contribution >= 4 is 29.4 Å². The van der Waals surface area contributed by atoms with Crippen LogP contribution in [-0.2, 0) is 4.74 Å². The zero-order valence-corrected chi connectivity index (χ0v) is 14.5. The minimum absolute atomic E-state index is 0.813. The summed E-state index contributed by atoms with van der Waals surface area (Å²) in [5.74, 6) is 0. The molecule has 1 heterocycles. The van der Waals surface area contributed by atoms with Crippen molar-refractivity contribution in [3.8, 4) is 0 Å². The van der Waals surface area contributed by atoms with E-state index in [1.807, 2.05) is 18.3 Å². The molecule has 2 aromatic rings. The third-order valence-electron chi connectivity index (χ3n) is 4.06. The Kier molecular flexibility index (Phi) is 5.36. The summed E-state index contributed by atoms with van der Waals surface area (Å²) in [5.41, 5.74) is 4.71. The summed E-state index contributed by atoms with van der Waals surface area (Å²) in [5, 5.41) is 0. The van der Waals surface area contributed by atoms with Gasteiger partial charge in [-0.05, 0) is 48.6 Å². The van der Waals surface area contributed by atoms with Crippen LogP contribution in [0.5, 0.6) is 0 Å². The Morgan fingerprint density at radius 2 is 1.91 bits per heavy atom. The van der Waals surface area contributed by atoms with Crippen LogP contribution in [0.3, 0.4) is 0 Å². The van der Waals surface area contributed by atoms with E-state index in [1.54, 1.807) is 11.8 Å². The Morgan fingerprint density at radius 3 is 2.65 bits per heavy atom. The molecule has 0 spiro atoms. The molecule has 0 atom stereocenters. The van der Waals surface area contributed by atoms with Gasteiger partial charge in [0.15, 0.2) is 0 Å². The molecule has 4 heteroatoms. The van der Waals surface area contributed by atoms with E-state index in [4.69, 9.17) is 4.74 Å². The fourth-order valence-corrected chi connectivity index (χ4v) is 3.24. The Morgan fingerprint density at radius 1 is 1.13 bits per heavy atom. The first-order valence-electron chi connectivity index (χ1n) is 7.88. The summed E-state index contributed by atoms with van der Waals surface area (Å²) >= 11 is 1.72. The minimum Gasteiger partial charge on any atom is -0.378 e. The molecular formula is C19H22N2OS. The van der Waals surface area contributed by atoms with Crippen molar-refractivity contribution in [3.63, 3.8) is 0 Å². The van der Waals surface area contributed by atoms with Gasteiger partial charge >= 0.3 is 0 Å². The zero-order valence-electron chi connectivity index (χ0n) is 13.7.